The molecule has 2 nitrogen and oxygen atoms in total. The van der Waals surface area contributed by atoms with Gasteiger partial charge in [-0.05, 0) is 0 Å². The Balaban J connectivity index is 0. The van der Waals surface area contributed by atoms with Gasteiger partial charge >= 0.3 is 46.7 Å². The Morgan fingerprint density at radius 1 is 1.12 bits per heavy atom. The molecule has 0 aromatic heterocycles. The van der Waals surface area contributed by atoms with Gasteiger partial charge in [0.25, 0.3) is 0 Å². The molecule has 0 aliphatic heterocycles. The fraction of sp³-hybridized carbons (Fsp3) is 1.00. The van der Waals surface area contributed by atoms with E-state index in [1.165, 1.54) is 22.6 Å². The Morgan fingerprint density at radius 2 is 1.50 bits per heavy atom. The quantitative estimate of drug-likeness (QED) is 0.209. The van der Waals surface area contributed by atoms with Crippen molar-refractivity contribution in [1.82, 2.24) is 0 Å². The van der Waals surface area contributed by atoms with E-state index in [9.17, 15) is 35.1 Å². The molecule has 0 aromatic rings. The topological polar surface area (TPSA) is 40.1 Å². The van der Waals surface area contributed by atoms with Gasteiger partial charge in [0.05, 0.1) is 0 Å². The van der Waals surface area contributed by atoms with Gasteiger partial charge in [0.2, 0.25) is 0 Å². The molecular weight excluding hydrogens is 388 g/mol. The van der Waals surface area contributed by atoms with Gasteiger partial charge < -0.3 is 4.55 Å². The van der Waals surface area contributed by atoms with Crippen LogP contribution in [-0.4, -0.2) is 30.3 Å². The molecule has 92 valence electrons. The molecular formula is C5H4F6INaO2S. The predicted octanol–water partition coefficient (Wildman–Crippen LogP) is -0.442. The van der Waals surface area contributed by atoms with Gasteiger partial charge in [-0.2, -0.15) is 26.3 Å². The molecule has 0 N–H and O–H groups in total. The molecule has 0 rings (SSSR count). The fourth-order valence-corrected chi connectivity index (χ4v) is 1.63. The third-order valence-corrected chi connectivity index (χ3v) is 2.66. The van der Waals surface area contributed by atoms with Crippen molar-refractivity contribution in [3.05, 3.63) is 0 Å². The van der Waals surface area contributed by atoms with E-state index in [4.69, 9.17) is 0 Å². The third-order valence-electron chi connectivity index (χ3n) is 1.44. The van der Waals surface area contributed by atoms with E-state index in [2.05, 4.69) is 0 Å². The standard InChI is InChI=1S/C5H5F6IO2S.Na/c6-3(7,1-2-12)4(8,9)5(10,11)15(13)14;/h1-2H2,(H,13,14);/q;+1/p-1. The zero-order valence-electron chi connectivity index (χ0n) is 7.78. The summed E-state index contributed by atoms with van der Waals surface area (Å²) in [5.41, 5.74) is 0. The monoisotopic (exact) mass is 392 g/mol. The molecule has 0 fully saturated rings. The van der Waals surface area contributed by atoms with Gasteiger partial charge in [-0.25, -0.2) is 0 Å². The van der Waals surface area contributed by atoms with E-state index in [0.717, 1.165) is 0 Å². The molecule has 11 heteroatoms. The van der Waals surface area contributed by atoms with Crippen molar-refractivity contribution >= 4 is 33.7 Å². The number of hydrogen-bond donors (Lipinski definition) is 0. The molecule has 0 saturated carbocycles. The summed E-state index contributed by atoms with van der Waals surface area (Å²) in [6, 6.07) is 0. The second-order valence-electron chi connectivity index (χ2n) is 2.47. The van der Waals surface area contributed by atoms with Crippen LogP contribution in [0, 0.1) is 0 Å². The molecule has 0 bridgehead atoms. The molecule has 1 atom stereocenters. The van der Waals surface area contributed by atoms with Gasteiger partial charge in [-0.3, -0.25) is 4.21 Å². The summed E-state index contributed by atoms with van der Waals surface area (Å²) in [4.78, 5) is 0. The first-order valence-electron chi connectivity index (χ1n) is 3.29. The van der Waals surface area contributed by atoms with Crippen molar-refractivity contribution in [2.45, 2.75) is 23.5 Å². The van der Waals surface area contributed by atoms with Crippen LogP contribution < -0.4 is 29.6 Å². The summed E-state index contributed by atoms with van der Waals surface area (Å²) in [5.74, 6) is -11.0. The summed E-state index contributed by atoms with van der Waals surface area (Å²) in [5, 5.41) is -5.79. The molecule has 0 aliphatic rings. The first-order valence-corrected chi connectivity index (χ1v) is 5.89. The SMILES string of the molecule is O=S([O-])C(F)(F)C(F)(F)C(F)(F)CCI.[Na+]. The van der Waals surface area contributed by atoms with E-state index in [-0.39, 0.29) is 29.6 Å². The Kier molecular flexibility index (Phi) is 8.08. The number of alkyl halides is 7. The number of halogens is 7. The van der Waals surface area contributed by atoms with Gasteiger partial charge in [-0.15, -0.1) is 0 Å². The summed E-state index contributed by atoms with van der Waals surface area (Å²) in [7, 11) is 0. The fourth-order valence-electron chi connectivity index (χ4n) is 0.593. The molecule has 0 radical (unpaired) electrons. The van der Waals surface area contributed by atoms with Crippen LogP contribution in [0.4, 0.5) is 26.3 Å². The molecule has 0 spiro atoms. The number of hydrogen-bond acceptors (Lipinski definition) is 2. The maximum absolute atomic E-state index is 12.5. The normalized spacial score (nSPS) is 15.5. The second-order valence-corrected chi connectivity index (χ2v) is 4.53. The average molecular weight is 392 g/mol. The average Bonchev–Trinajstić information content (AvgIpc) is 2.02. The van der Waals surface area contributed by atoms with Crippen LogP contribution in [0.5, 0.6) is 0 Å². The van der Waals surface area contributed by atoms with E-state index >= 15 is 0 Å². The van der Waals surface area contributed by atoms with Crippen LogP contribution in [0.25, 0.3) is 0 Å². The van der Waals surface area contributed by atoms with Crippen molar-refractivity contribution in [3.63, 3.8) is 0 Å². The maximum atomic E-state index is 12.5. The summed E-state index contributed by atoms with van der Waals surface area (Å²) >= 11 is -3.33. The van der Waals surface area contributed by atoms with Crippen LogP contribution in [0.1, 0.15) is 6.42 Å². The van der Waals surface area contributed by atoms with Crippen LogP contribution in [0.3, 0.4) is 0 Å². The van der Waals surface area contributed by atoms with Gasteiger partial charge in [0.1, 0.15) is 0 Å². The molecule has 1 unspecified atom stereocenters. The first kappa shape index (κ1) is 19.8. The Hall–Kier alpha value is 1.42. The van der Waals surface area contributed by atoms with Gasteiger partial charge in [0.15, 0.2) is 0 Å². The smallest absolute Gasteiger partial charge is 0.768 e. The van der Waals surface area contributed by atoms with Crippen molar-refractivity contribution in [2.24, 2.45) is 0 Å². The largest absolute Gasteiger partial charge is 1.00 e. The minimum absolute atomic E-state index is 0. The van der Waals surface area contributed by atoms with E-state index in [0.29, 0.717) is 0 Å². The molecule has 0 heterocycles. The van der Waals surface area contributed by atoms with E-state index < -0.39 is 39.0 Å². The number of rotatable bonds is 5. The van der Waals surface area contributed by atoms with Crippen molar-refractivity contribution < 1.29 is 64.7 Å². The Labute approximate surface area is 125 Å². The van der Waals surface area contributed by atoms with Gasteiger partial charge in [-0.1, -0.05) is 22.6 Å². The minimum Gasteiger partial charge on any atom is -0.768 e. The maximum Gasteiger partial charge on any atom is 1.00 e. The van der Waals surface area contributed by atoms with Crippen LogP contribution in [0.15, 0.2) is 0 Å². The van der Waals surface area contributed by atoms with Gasteiger partial charge in [0, 0.05) is 21.9 Å². The van der Waals surface area contributed by atoms with Crippen LogP contribution in [-0.2, 0) is 11.1 Å². The predicted molar refractivity (Wildman–Crippen MR) is 47.3 cm³/mol. The first-order chi connectivity index (χ1) is 6.50. The Morgan fingerprint density at radius 3 is 1.75 bits per heavy atom. The van der Waals surface area contributed by atoms with E-state index in [1.54, 1.807) is 0 Å². The molecule has 0 saturated heterocycles. The zero-order valence-corrected chi connectivity index (χ0v) is 12.8. The molecule has 0 aliphatic carbocycles. The third kappa shape index (κ3) is 3.70. The summed E-state index contributed by atoms with van der Waals surface area (Å²) < 4.78 is 93.7. The summed E-state index contributed by atoms with van der Waals surface area (Å²) in [6.07, 6.45) is -1.53. The van der Waals surface area contributed by atoms with Crippen LogP contribution >= 0.6 is 22.6 Å². The minimum atomic E-state index is -5.92. The van der Waals surface area contributed by atoms with Crippen molar-refractivity contribution in [1.29, 1.82) is 0 Å². The Bertz CT molecular complexity index is 263. The second kappa shape index (κ2) is 6.55. The van der Waals surface area contributed by atoms with E-state index in [1.807, 2.05) is 0 Å². The molecule has 16 heavy (non-hydrogen) atoms. The van der Waals surface area contributed by atoms with Crippen molar-refractivity contribution in [2.75, 3.05) is 4.43 Å². The van der Waals surface area contributed by atoms with Crippen molar-refractivity contribution in [3.8, 4) is 0 Å². The summed E-state index contributed by atoms with van der Waals surface area (Å²) in [6.45, 7) is 0. The van der Waals surface area contributed by atoms with Crippen LogP contribution in [0.2, 0.25) is 0 Å². The zero-order chi connectivity index (χ0) is 12.5. The molecule has 0 aromatic carbocycles. The molecule has 0 amide bonds.